The number of esters is 3. The molecule has 0 aromatic heterocycles. The number of carbonyl (C=O) groups is 16. The lowest BCUT2D eigenvalue weighted by atomic mass is 9.95. The Labute approximate surface area is 621 Å². The zero-order chi connectivity index (χ0) is 80.4. The normalized spacial score (nSPS) is 21.3. The molecule has 35 heteroatoms. The Balaban J connectivity index is 1.65. The Hall–Kier alpha value is -10.8. The molecule has 0 bridgehead atoms. The number of imide groups is 1. The van der Waals surface area contributed by atoms with Gasteiger partial charge in [0.2, 0.25) is 41.4 Å². The van der Waals surface area contributed by atoms with Crippen LogP contribution in [0.5, 0.6) is 0 Å². The van der Waals surface area contributed by atoms with Gasteiger partial charge in [-0.2, -0.15) is 0 Å². The summed E-state index contributed by atoms with van der Waals surface area (Å²) in [6.07, 6.45) is -7.02. The number of rotatable bonds is 29. The summed E-state index contributed by atoms with van der Waals surface area (Å²) < 4.78 is 34.6. The molecule has 107 heavy (non-hydrogen) atoms. The minimum Gasteiger partial charge on any atom is -0.458 e. The molecule has 588 valence electrons. The summed E-state index contributed by atoms with van der Waals surface area (Å²) in [5.74, 6) is -14.5. The molecule has 35 nitrogen and oxygen atoms in total. The van der Waals surface area contributed by atoms with Crippen LogP contribution in [0.1, 0.15) is 113 Å². The third-order valence-electron chi connectivity index (χ3n) is 17.7. The van der Waals surface area contributed by atoms with E-state index in [4.69, 9.17) is 34.2 Å². The fraction of sp³-hybridized carbons (Fsp3) is 0.556. The molecule has 2 aliphatic heterocycles. The summed E-state index contributed by atoms with van der Waals surface area (Å²) in [5.41, 5.74) is 5.91. The topological polar surface area (TPSA) is 464 Å². The molecule has 2 aromatic carbocycles. The van der Waals surface area contributed by atoms with Crippen molar-refractivity contribution in [2.24, 2.45) is 23.5 Å². The SMILES string of the molecule is C=C1C(=O)N[C@@H](C)C(=O)N(C)[C@@H](C)C(=O)N[C@@H]([C@H](OC(=O)[C@@H](NC(C)=O)[C@H](OC(=O)OCc2ccc(NC(=O)[C@H](CCCNC(N)=O)NC[C@@H](NC(=O)CCN3C(=O)C=CC3=O)C(C)C)cc2)C(C)C)C(C)C)C(=O)N(C)[C@@H]([C@@H](C)OC)C(=O)O[C@H](C)[C@H](NC(C)=O)C(=O)O[C@H](Cc2ccccc2)C(=O)N1C. The molecule has 1 fully saturated rings. The minimum atomic E-state index is -2.02. The van der Waals surface area contributed by atoms with Crippen molar-refractivity contribution in [2.75, 3.05) is 53.2 Å². The van der Waals surface area contributed by atoms with Crippen molar-refractivity contribution in [2.45, 2.75) is 194 Å². The van der Waals surface area contributed by atoms with Gasteiger partial charge in [0.15, 0.2) is 24.2 Å². The average Bonchev–Trinajstić information content (AvgIpc) is 1.26. The average molecular weight is 1500 g/mol. The molecule has 0 radical (unpaired) electrons. The highest BCUT2D eigenvalue weighted by molar-refractivity contribution is 6.13. The smallest absolute Gasteiger partial charge is 0.458 e. The monoisotopic (exact) mass is 1500 g/mol. The summed E-state index contributed by atoms with van der Waals surface area (Å²) in [5, 5.41) is 21.2. The number of carbonyl (C=O) groups excluding carboxylic acids is 16. The molecule has 0 aliphatic carbocycles. The Morgan fingerprint density at radius 2 is 1.34 bits per heavy atom. The molecule has 13 atom stereocenters. The number of nitrogens with two attached hydrogens (primary N) is 1. The molecule has 2 aliphatic rings. The van der Waals surface area contributed by atoms with Gasteiger partial charge in [-0.1, -0.05) is 90.6 Å². The zero-order valence-corrected chi connectivity index (χ0v) is 63.3. The molecule has 4 rings (SSSR count). The van der Waals surface area contributed by atoms with E-state index in [0.29, 0.717) is 23.2 Å². The van der Waals surface area contributed by atoms with Gasteiger partial charge in [0.1, 0.15) is 48.7 Å². The lowest BCUT2D eigenvalue weighted by Gasteiger charge is -2.38. The maximum absolute atomic E-state index is 15.5. The number of hydrogen-bond acceptors (Lipinski definition) is 23. The third kappa shape index (κ3) is 26.6. The summed E-state index contributed by atoms with van der Waals surface area (Å²) in [6.45, 7) is 20.5. The van der Waals surface area contributed by atoms with Gasteiger partial charge in [-0.3, -0.25) is 57.6 Å². The highest BCUT2D eigenvalue weighted by Crippen LogP contribution is 2.24. The van der Waals surface area contributed by atoms with Crippen LogP contribution in [0.3, 0.4) is 0 Å². The number of likely N-dealkylation sites (N-methyl/N-ethyl adjacent to an activating group) is 3. The van der Waals surface area contributed by atoms with Crippen molar-refractivity contribution in [1.82, 2.24) is 56.8 Å². The molecule has 2 aromatic rings. The first-order valence-corrected chi connectivity index (χ1v) is 34.9. The summed E-state index contributed by atoms with van der Waals surface area (Å²) >= 11 is 0. The van der Waals surface area contributed by atoms with Crippen LogP contribution in [0.4, 0.5) is 15.3 Å². The number of anilines is 1. The van der Waals surface area contributed by atoms with E-state index in [1.807, 2.05) is 13.8 Å². The largest absolute Gasteiger partial charge is 0.508 e. The van der Waals surface area contributed by atoms with Gasteiger partial charge < -0.3 is 91.4 Å². The second-order valence-corrected chi connectivity index (χ2v) is 27.0. The first-order valence-electron chi connectivity index (χ1n) is 34.9. The van der Waals surface area contributed by atoms with E-state index in [2.05, 4.69) is 49.1 Å². The van der Waals surface area contributed by atoms with E-state index in [9.17, 15) is 71.9 Å². The van der Waals surface area contributed by atoms with Crippen LogP contribution in [0.25, 0.3) is 0 Å². The first kappa shape index (κ1) is 88.6. The predicted molar refractivity (Wildman–Crippen MR) is 383 cm³/mol. The van der Waals surface area contributed by atoms with E-state index in [0.717, 1.165) is 59.7 Å². The number of methoxy groups -OCH3 is 1. The fourth-order valence-corrected chi connectivity index (χ4v) is 11.1. The van der Waals surface area contributed by atoms with Crippen molar-refractivity contribution >= 4 is 101 Å². The second kappa shape index (κ2) is 41.7. The number of primary amides is 1. The van der Waals surface area contributed by atoms with Gasteiger partial charge in [0, 0.05) is 98.5 Å². The highest BCUT2D eigenvalue weighted by atomic mass is 16.7. The van der Waals surface area contributed by atoms with E-state index in [-0.39, 0.29) is 44.8 Å². The Kier molecular flexibility index (Phi) is 34.6. The maximum Gasteiger partial charge on any atom is 0.508 e. The van der Waals surface area contributed by atoms with Crippen molar-refractivity contribution in [1.29, 1.82) is 0 Å². The number of hydrogen-bond donors (Lipinski definition) is 9. The molecule has 1 saturated heterocycles. The molecule has 0 unspecified atom stereocenters. The summed E-state index contributed by atoms with van der Waals surface area (Å²) in [6, 6.07) is 1.73. The van der Waals surface area contributed by atoms with Gasteiger partial charge >= 0.3 is 30.1 Å². The van der Waals surface area contributed by atoms with Gasteiger partial charge in [0.05, 0.1) is 12.1 Å². The molecule has 0 saturated carbocycles. The zero-order valence-electron chi connectivity index (χ0n) is 63.3. The van der Waals surface area contributed by atoms with Gasteiger partial charge in [-0.15, -0.1) is 0 Å². The van der Waals surface area contributed by atoms with Crippen molar-refractivity contribution < 1.29 is 105 Å². The number of benzene rings is 2. The second-order valence-electron chi connectivity index (χ2n) is 27.0. The lowest BCUT2D eigenvalue weighted by Crippen LogP contribution is -2.64. The number of nitrogens with zero attached hydrogens (tertiary/aromatic N) is 4. The van der Waals surface area contributed by atoms with Crippen LogP contribution < -0.4 is 48.3 Å². The maximum atomic E-state index is 15.5. The van der Waals surface area contributed by atoms with Gasteiger partial charge in [-0.25, -0.2) is 24.0 Å². The standard InChI is InChI=1S/C72H103N13O22/c1-37(2)51(80-53(88)31-33-85-54(89)29-30-55(85)90)35-75-50(24-21-32-74-71(73)100)64(93)79-49-27-25-48(26-28-49)36-103-72(101)107-61(39(5)6)58(78-46(13)87)69(98)106-60(38(3)4)57-67(96)84(16)59(44(11)102-17)70(99)104-43(10)56(77-45(12)86)68(97)105-52(34-47-22-19-18-20-23-47)66(95)83(15)41(8)62(91)76-40(7)65(94)82(14)42(9)63(92)81-57/h18-20,22-23,25-30,37-40,42-44,50-52,56-61,75H,8,21,24,31-36H2,1-7,9-17H3,(H,76,91)(H,77,86)(H,78,87)(H,79,93)(H,80,88)(H,81,92)(H3,73,74,100)/t40-,42-,43+,44+,50-,51+,52+,56-,57-,58-,59-,60+,61+/m0/s1. The fourth-order valence-electron chi connectivity index (χ4n) is 11.1. The van der Waals surface area contributed by atoms with Crippen LogP contribution in [0.2, 0.25) is 0 Å². The number of urea groups is 1. The molecule has 10 N–H and O–H groups in total. The minimum absolute atomic E-state index is 0.114. The van der Waals surface area contributed by atoms with Crippen LogP contribution in [-0.2, 0) is 109 Å². The van der Waals surface area contributed by atoms with Crippen molar-refractivity contribution in [3.8, 4) is 0 Å². The molecule has 0 spiro atoms. The molecule has 2 heterocycles. The molecular formula is C72H103N13O22. The van der Waals surface area contributed by atoms with Crippen LogP contribution in [0, 0.1) is 17.8 Å². The first-order chi connectivity index (χ1) is 50.2. The van der Waals surface area contributed by atoms with Crippen molar-refractivity contribution in [3.05, 3.63) is 90.2 Å². The van der Waals surface area contributed by atoms with E-state index in [1.54, 1.807) is 30.3 Å². The quantitative estimate of drug-likeness (QED) is 0.0176. The van der Waals surface area contributed by atoms with Crippen molar-refractivity contribution in [3.63, 3.8) is 0 Å². The lowest BCUT2D eigenvalue weighted by molar-refractivity contribution is -0.174. The van der Waals surface area contributed by atoms with E-state index >= 15 is 4.79 Å². The van der Waals surface area contributed by atoms with Crippen LogP contribution >= 0.6 is 0 Å². The number of cyclic esters (lactones) is 2. The van der Waals surface area contributed by atoms with Gasteiger partial charge in [-0.05, 0) is 81.5 Å². The Morgan fingerprint density at radius 3 is 1.90 bits per heavy atom. The van der Waals surface area contributed by atoms with Crippen LogP contribution in [-0.4, -0.2) is 241 Å². The molecular weight excluding hydrogens is 1400 g/mol. The highest BCUT2D eigenvalue weighted by Gasteiger charge is 2.47. The summed E-state index contributed by atoms with van der Waals surface area (Å²) in [4.78, 5) is 222. The van der Waals surface area contributed by atoms with Gasteiger partial charge in [0.25, 0.3) is 23.6 Å². The Bertz CT molecular complexity index is 3570. The number of nitrogens with one attached hydrogen (secondary N) is 8. The summed E-state index contributed by atoms with van der Waals surface area (Å²) in [7, 11) is 4.69. The third-order valence-corrected chi connectivity index (χ3v) is 17.7. The predicted octanol–water partition coefficient (Wildman–Crippen LogP) is 0.513. The number of ether oxygens (including phenoxy) is 6. The molecule has 13 amide bonds. The van der Waals surface area contributed by atoms with Crippen LogP contribution in [0.15, 0.2) is 79.0 Å². The van der Waals surface area contributed by atoms with E-state index < -0.39 is 198 Å². The Morgan fingerprint density at radius 1 is 0.710 bits per heavy atom. The number of amides is 13. The van der Waals surface area contributed by atoms with E-state index in [1.165, 1.54) is 93.8 Å².